The van der Waals surface area contributed by atoms with E-state index in [9.17, 15) is 4.79 Å². The Kier molecular flexibility index (Phi) is 1.12. The molecule has 1 aromatic heterocycles. The Hall–Kier alpha value is -1.52. The SMILES string of the molecule is Cc1nc2c(o1)OCC(=O)N2. The van der Waals surface area contributed by atoms with E-state index in [1.165, 1.54) is 0 Å². The number of fused-ring (bicyclic) bond motifs is 1. The Labute approximate surface area is 62.4 Å². The molecule has 1 aliphatic rings. The lowest BCUT2D eigenvalue weighted by atomic mass is 10.5. The number of hydrogen-bond donors (Lipinski definition) is 1. The predicted octanol–water partition coefficient (Wildman–Crippen LogP) is 0.314. The van der Waals surface area contributed by atoms with E-state index in [2.05, 4.69) is 10.3 Å². The molecule has 0 bridgehead atoms. The molecule has 0 radical (unpaired) electrons. The Morgan fingerprint density at radius 1 is 1.64 bits per heavy atom. The molecular weight excluding hydrogens is 148 g/mol. The molecule has 0 saturated carbocycles. The van der Waals surface area contributed by atoms with E-state index in [0.29, 0.717) is 17.7 Å². The van der Waals surface area contributed by atoms with E-state index in [-0.39, 0.29) is 12.5 Å². The molecule has 1 aliphatic heterocycles. The Bertz CT molecular complexity index is 305. The van der Waals surface area contributed by atoms with Crippen molar-refractivity contribution < 1.29 is 13.9 Å². The van der Waals surface area contributed by atoms with Crippen LogP contribution in [0.1, 0.15) is 5.89 Å². The summed E-state index contributed by atoms with van der Waals surface area (Å²) in [6, 6.07) is 0. The molecule has 5 nitrogen and oxygen atoms in total. The lowest BCUT2D eigenvalue weighted by Gasteiger charge is -2.09. The molecule has 0 fully saturated rings. The van der Waals surface area contributed by atoms with E-state index >= 15 is 0 Å². The number of aromatic nitrogens is 1. The number of ether oxygens (including phenoxy) is 1. The van der Waals surface area contributed by atoms with Crippen LogP contribution >= 0.6 is 0 Å². The zero-order chi connectivity index (χ0) is 7.84. The number of aryl methyl sites for hydroxylation is 1. The number of carbonyl (C=O) groups is 1. The summed E-state index contributed by atoms with van der Waals surface area (Å²) in [6.45, 7) is 1.69. The Morgan fingerprint density at radius 2 is 2.45 bits per heavy atom. The summed E-state index contributed by atoms with van der Waals surface area (Å²) < 4.78 is 9.92. The molecule has 2 rings (SSSR count). The Morgan fingerprint density at radius 3 is 3.27 bits per heavy atom. The molecule has 0 spiro atoms. The van der Waals surface area contributed by atoms with Gasteiger partial charge in [-0.1, -0.05) is 0 Å². The molecule has 0 saturated heterocycles. The molecule has 5 heteroatoms. The third kappa shape index (κ3) is 0.938. The second-order valence-corrected chi connectivity index (χ2v) is 2.21. The van der Waals surface area contributed by atoms with Crippen LogP contribution < -0.4 is 10.1 Å². The maximum atomic E-state index is 10.7. The average Bonchev–Trinajstić information content (AvgIpc) is 2.27. The lowest BCUT2D eigenvalue weighted by molar-refractivity contribution is -0.119. The minimum atomic E-state index is -0.203. The normalized spacial score (nSPS) is 15.2. The Balaban J connectivity index is 2.41. The molecule has 11 heavy (non-hydrogen) atoms. The van der Waals surface area contributed by atoms with Crippen LogP contribution in [0.2, 0.25) is 0 Å². The van der Waals surface area contributed by atoms with Gasteiger partial charge >= 0.3 is 5.95 Å². The largest absolute Gasteiger partial charge is 0.452 e. The first-order valence-electron chi connectivity index (χ1n) is 3.16. The van der Waals surface area contributed by atoms with E-state index in [1.54, 1.807) is 6.92 Å². The topological polar surface area (TPSA) is 64.4 Å². The van der Waals surface area contributed by atoms with Gasteiger partial charge in [-0.05, 0) is 0 Å². The van der Waals surface area contributed by atoms with Gasteiger partial charge in [0, 0.05) is 6.92 Å². The minimum Gasteiger partial charge on any atom is -0.452 e. The van der Waals surface area contributed by atoms with Crippen molar-refractivity contribution in [2.24, 2.45) is 0 Å². The molecule has 1 aromatic rings. The summed E-state index contributed by atoms with van der Waals surface area (Å²) in [4.78, 5) is 14.6. The van der Waals surface area contributed by atoms with Crippen molar-refractivity contribution in [2.75, 3.05) is 11.9 Å². The highest BCUT2D eigenvalue weighted by Gasteiger charge is 2.21. The molecular formula is C6H6N2O3. The van der Waals surface area contributed by atoms with Crippen LogP contribution in [0.3, 0.4) is 0 Å². The van der Waals surface area contributed by atoms with Gasteiger partial charge in [0.2, 0.25) is 5.82 Å². The van der Waals surface area contributed by atoms with Crippen molar-refractivity contribution in [1.82, 2.24) is 4.98 Å². The maximum Gasteiger partial charge on any atom is 0.331 e. The smallest absolute Gasteiger partial charge is 0.331 e. The van der Waals surface area contributed by atoms with E-state index in [0.717, 1.165) is 0 Å². The van der Waals surface area contributed by atoms with Crippen LogP contribution in [0.15, 0.2) is 4.42 Å². The van der Waals surface area contributed by atoms with Crippen LogP contribution in [0, 0.1) is 6.92 Å². The first kappa shape index (κ1) is 6.21. The highest BCUT2D eigenvalue weighted by Crippen LogP contribution is 2.27. The summed E-state index contributed by atoms with van der Waals surface area (Å²) in [5.41, 5.74) is 0. The van der Waals surface area contributed by atoms with Crippen LogP contribution in [0.25, 0.3) is 0 Å². The van der Waals surface area contributed by atoms with Gasteiger partial charge in [-0.25, -0.2) is 0 Å². The lowest BCUT2D eigenvalue weighted by Crippen LogP contribution is -2.24. The highest BCUT2D eigenvalue weighted by atomic mass is 16.6. The van der Waals surface area contributed by atoms with Gasteiger partial charge in [0.05, 0.1) is 0 Å². The first-order valence-corrected chi connectivity index (χ1v) is 3.16. The first-order chi connectivity index (χ1) is 5.25. The third-order valence-corrected chi connectivity index (χ3v) is 1.30. The molecule has 0 unspecified atom stereocenters. The van der Waals surface area contributed by atoms with Gasteiger partial charge in [-0.15, -0.1) is 0 Å². The van der Waals surface area contributed by atoms with Gasteiger partial charge in [0.15, 0.2) is 12.5 Å². The number of amides is 1. The van der Waals surface area contributed by atoms with Gasteiger partial charge in [0.25, 0.3) is 5.91 Å². The summed E-state index contributed by atoms with van der Waals surface area (Å²) in [5, 5.41) is 2.51. The van der Waals surface area contributed by atoms with E-state index in [4.69, 9.17) is 9.15 Å². The van der Waals surface area contributed by atoms with Gasteiger partial charge < -0.3 is 14.5 Å². The monoisotopic (exact) mass is 154 g/mol. The molecule has 2 heterocycles. The number of hydrogen-bond acceptors (Lipinski definition) is 4. The number of carbonyl (C=O) groups excluding carboxylic acids is 1. The number of oxazole rings is 1. The molecule has 1 N–H and O–H groups in total. The van der Waals surface area contributed by atoms with Crippen LogP contribution in [-0.2, 0) is 4.79 Å². The van der Waals surface area contributed by atoms with Crippen molar-refractivity contribution in [2.45, 2.75) is 6.92 Å². The second kappa shape index (κ2) is 1.98. The van der Waals surface area contributed by atoms with Gasteiger partial charge in [-0.3, -0.25) is 4.79 Å². The summed E-state index contributed by atoms with van der Waals surface area (Å²) in [6.07, 6.45) is 0. The number of nitrogens with zero attached hydrogens (tertiary/aromatic N) is 1. The molecule has 0 aliphatic carbocycles. The van der Waals surface area contributed by atoms with Crippen molar-refractivity contribution >= 4 is 11.7 Å². The van der Waals surface area contributed by atoms with Crippen molar-refractivity contribution in [1.29, 1.82) is 0 Å². The summed E-state index contributed by atoms with van der Waals surface area (Å²) in [7, 11) is 0. The summed E-state index contributed by atoms with van der Waals surface area (Å²) >= 11 is 0. The molecule has 0 atom stereocenters. The van der Waals surface area contributed by atoms with Crippen LogP contribution in [-0.4, -0.2) is 17.5 Å². The fourth-order valence-electron chi connectivity index (χ4n) is 0.884. The van der Waals surface area contributed by atoms with Crippen molar-refractivity contribution in [3.63, 3.8) is 0 Å². The molecule has 0 aromatic carbocycles. The second-order valence-electron chi connectivity index (χ2n) is 2.21. The number of nitrogens with one attached hydrogen (secondary N) is 1. The third-order valence-electron chi connectivity index (χ3n) is 1.30. The van der Waals surface area contributed by atoms with Crippen molar-refractivity contribution in [3.05, 3.63) is 5.89 Å². The fraction of sp³-hybridized carbons (Fsp3) is 0.333. The van der Waals surface area contributed by atoms with Gasteiger partial charge in [-0.2, -0.15) is 4.98 Å². The summed E-state index contributed by atoms with van der Waals surface area (Å²) in [5.74, 6) is 0.948. The van der Waals surface area contributed by atoms with Crippen molar-refractivity contribution in [3.8, 4) is 5.95 Å². The standard InChI is InChI=1S/C6H6N2O3/c1-3-7-5-6(11-3)10-2-4(9)8-5/h2H2,1H3,(H,8,9). The van der Waals surface area contributed by atoms with Crippen LogP contribution in [0.5, 0.6) is 5.95 Å². The predicted molar refractivity (Wildman–Crippen MR) is 35.4 cm³/mol. The van der Waals surface area contributed by atoms with E-state index < -0.39 is 0 Å². The minimum absolute atomic E-state index is 0.00162. The zero-order valence-corrected chi connectivity index (χ0v) is 5.88. The molecule has 1 amide bonds. The van der Waals surface area contributed by atoms with Gasteiger partial charge in [0.1, 0.15) is 0 Å². The quantitative estimate of drug-likeness (QED) is 0.584. The fourth-order valence-corrected chi connectivity index (χ4v) is 0.884. The zero-order valence-electron chi connectivity index (χ0n) is 5.88. The van der Waals surface area contributed by atoms with Crippen LogP contribution in [0.4, 0.5) is 5.82 Å². The highest BCUT2D eigenvalue weighted by molar-refractivity contribution is 5.93. The molecule has 58 valence electrons. The van der Waals surface area contributed by atoms with E-state index in [1.807, 2.05) is 0 Å². The maximum absolute atomic E-state index is 10.7. The number of anilines is 1. The number of rotatable bonds is 0. The average molecular weight is 154 g/mol.